The zero-order valence-electron chi connectivity index (χ0n) is 24.4. The van der Waals surface area contributed by atoms with Crippen molar-refractivity contribution in [3.63, 3.8) is 0 Å². The van der Waals surface area contributed by atoms with Gasteiger partial charge in [0.2, 0.25) is 5.91 Å². The molecule has 0 radical (unpaired) electrons. The summed E-state index contributed by atoms with van der Waals surface area (Å²) in [7, 11) is 0. The second kappa shape index (κ2) is 14.2. The Hall–Kier alpha value is -4.69. The van der Waals surface area contributed by atoms with E-state index in [-0.39, 0.29) is 36.1 Å². The van der Waals surface area contributed by atoms with Gasteiger partial charge in [-0.1, -0.05) is 60.7 Å². The van der Waals surface area contributed by atoms with E-state index in [1.807, 2.05) is 47.0 Å². The van der Waals surface area contributed by atoms with Gasteiger partial charge in [-0.3, -0.25) is 4.79 Å². The quantitative estimate of drug-likeness (QED) is 0.206. The SMILES string of the molecule is CC(C)(CN(Cc1ccccc1C(F)(F)F)C(=S)NCc1ccccc1)NC(=O)Cc1cncn1Cc1ccc(C#N)cc1. The lowest BCUT2D eigenvalue weighted by molar-refractivity contribution is -0.138. The van der Waals surface area contributed by atoms with Crippen molar-refractivity contribution < 1.29 is 18.0 Å². The van der Waals surface area contributed by atoms with Crippen molar-refractivity contribution in [3.05, 3.63) is 125 Å². The number of nitrogens with zero attached hydrogens (tertiary/aromatic N) is 4. The molecule has 11 heteroatoms. The molecule has 2 N–H and O–H groups in total. The first kappa shape index (κ1) is 32.2. The monoisotopic (exact) mass is 618 g/mol. The third-order valence-corrected chi connectivity index (χ3v) is 7.30. The van der Waals surface area contributed by atoms with Gasteiger partial charge in [0, 0.05) is 38.1 Å². The maximum atomic E-state index is 13.8. The van der Waals surface area contributed by atoms with Crippen molar-refractivity contribution >= 4 is 23.2 Å². The molecule has 0 fully saturated rings. The van der Waals surface area contributed by atoms with E-state index in [9.17, 15) is 18.0 Å². The van der Waals surface area contributed by atoms with Crippen LogP contribution in [-0.2, 0) is 37.0 Å². The minimum Gasteiger partial charge on any atom is -0.358 e. The number of hydrogen-bond acceptors (Lipinski definition) is 4. The van der Waals surface area contributed by atoms with E-state index >= 15 is 0 Å². The van der Waals surface area contributed by atoms with E-state index in [4.69, 9.17) is 17.5 Å². The topological polar surface area (TPSA) is 86.0 Å². The van der Waals surface area contributed by atoms with Crippen LogP contribution in [0.2, 0.25) is 0 Å². The minimum atomic E-state index is -4.52. The van der Waals surface area contributed by atoms with Crippen molar-refractivity contribution in [1.29, 1.82) is 5.26 Å². The van der Waals surface area contributed by atoms with Crippen molar-refractivity contribution in [2.24, 2.45) is 0 Å². The van der Waals surface area contributed by atoms with Crippen molar-refractivity contribution in [3.8, 4) is 6.07 Å². The summed E-state index contributed by atoms with van der Waals surface area (Å²) < 4.78 is 43.3. The third kappa shape index (κ3) is 9.15. The molecule has 0 aliphatic carbocycles. The molecule has 1 heterocycles. The van der Waals surface area contributed by atoms with Gasteiger partial charge >= 0.3 is 6.18 Å². The van der Waals surface area contributed by atoms with E-state index in [0.29, 0.717) is 24.3 Å². The molecule has 4 rings (SSSR count). The smallest absolute Gasteiger partial charge is 0.358 e. The molecule has 0 spiro atoms. The summed E-state index contributed by atoms with van der Waals surface area (Å²) in [6, 6.07) is 24.2. The second-order valence-corrected chi connectivity index (χ2v) is 11.5. The van der Waals surface area contributed by atoms with Crippen LogP contribution in [0.15, 0.2) is 91.4 Å². The van der Waals surface area contributed by atoms with Crippen LogP contribution in [0.1, 0.15) is 47.4 Å². The van der Waals surface area contributed by atoms with E-state index in [0.717, 1.165) is 17.2 Å². The Morgan fingerprint density at radius 1 is 1.00 bits per heavy atom. The average molecular weight is 619 g/mol. The van der Waals surface area contributed by atoms with Crippen LogP contribution < -0.4 is 10.6 Å². The molecule has 0 bridgehead atoms. The maximum Gasteiger partial charge on any atom is 0.416 e. The fourth-order valence-electron chi connectivity index (χ4n) is 4.85. The number of aromatic nitrogens is 2. The highest BCUT2D eigenvalue weighted by molar-refractivity contribution is 7.80. The zero-order chi connectivity index (χ0) is 31.7. The lowest BCUT2D eigenvalue weighted by atomic mass is 10.0. The van der Waals surface area contributed by atoms with Gasteiger partial charge in [0.15, 0.2) is 5.11 Å². The molecule has 1 amide bonds. The molecule has 1 aromatic heterocycles. The van der Waals surface area contributed by atoms with Crippen LogP contribution in [-0.4, -0.2) is 37.6 Å². The highest BCUT2D eigenvalue weighted by Crippen LogP contribution is 2.32. The summed E-state index contributed by atoms with van der Waals surface area (Å²) in [5.41, 5.74) is 1.67. The predicted molar refractivity (Wildman–Crippen MR) is 166 cm³/mol. The summed E-state index contributed by atoms with van der Waals surface area (Å²) in [5, 5.41) is 15.5. The summed E-state index contributed by atoms with van der Waals surface area (Å²) in [6.07, 6.45) is -1.21. The first-order valence-corrected chi connectivity index (χ1v) is 14.4. The Balaban J connectivity index is 1.46. The fourth-order valence-corrected chi connectivity index (χ4v) is 5.05. The lowest BCUT2D eigenvalue weighted by Crippen LogP contribution is -2.54. The Kier molecular flexibility index (Phi) is 10.4. The van der Waals surface area contributed by atoms with Gasteiger partial charge in [0.25, 0.3) is 0 Å². The lowest BCUT2D eigenvalue weighted by Gasteiger charge is -2.35. The van der Waals surface area contributed by atoms with Crippen molar-refractivity contribution in [1.82, 2.24) is 25.1 Å². The van der Waals surface area contributed by atoms with Crippen LogP contribution in [0.3, 0.4) is 0 Å². The molecule has 0 aliphatic rings. The summed E-state index contributed by atoms with van der Waals surface area (Å²) in [6.45, 7) is 4.53. The van der Waals surface area contributed by atoms with Crippen LogP contribution in [0, 0.1) is 11.3 Å². The van der Waals surface area contributed by atoms with Gasteiger partial charge < -0.3 is 20.1 Å². The number of rotatable bonds is 11. The highest BCUT2D eigenvalue weighted by Gasteiger charge is 2.34. The van der Waals surface area contributed by atoms with Crippen LogP contribution >= 0.6 is 12.2 Å². The van der Waals surface area contributed by atoms with E-state index in [1.165, 1.54) is 12.1 Å². The molecule has 7 nitrogen and oxygen atoms in total. The van der Waals surface area contributed by atoms with Crippen molar-refractivity contribution in [2.75, 3.05) is 6.54 Å². The predicted octanol–water partition coefficient (Wildman–Crippen LogP) is 5.84. The van der Waals surface area contributed by atoms with Gasteiger partial charge in [0.1, 0.15) is 0 Å². The number of imidazole rings is 1. The Morgan fingerprint density at radius 3 is 2.36 bits per heavy atom. The fraction of sp³-hybridized carbons (Fsp3) is 0.273. The molecule has 0 unspecified atom stereocenters. The maximum absolute atomic E-state index is 13.8. The number of hydrogen-bond donors (Lipinski definition) is 2. The molecule has 0 saturated heterocycles. The Labute approximate surface area is 260 Å². The number of amides is 1. The third-order valence-electron chi connectivity index (χ3n) is 6.90. The average Bonchev–Trinajstić information content (AvgIpc) is 3.41. The van der Waals surface area contributed by atoms with Gasteiger partial charge in [0.05, 0.1) is 35.5 Å². The van der Waals surface area contributed by atoms with E-state index in [1.54, 1.807) is 49.5 Å². The minimum absolute atomic E-state index is 0.0489. The molecule has 4 aromatic rings. The molecule has 0 atom stereocenters. The largest absolute Gasteiger partial charge is 0.416 e. The number of nitriles is 1. The molecular formula is C33H33F3N6OS. The van der Waals surface area contributed by atoms with Crippen LogP contribution in [0.25, 0.3) is 0 Å². The first-order chi connectivity index (χ1) is 20.9. The van der Waals surface area contributed by atoms with Gasteiger partial charge in [-0.15, -0.1) is 0 Å². The second-order valence-electron chi connectivity index (χ2n) is 11.1. The summed E-state index contributed by atoms with van der Waals surface area (Å²) in [4.78, 5) is 19.1. The number of thiocarbonyl (C=S) groups is 1. The number of benzene rings is 3. The van der Waals surface area contributed by atoms with Gasteiger partial charge in [-0.2, -0.15) is 18.4 Å². The number of halogens is 3. The van der Waals surface area contributed by atoms with Crippen molar-refractivity contribution in [2.45, 2.75) is 51.6 Å². The number of carbonyl (C=O) groups excluding carboxylic acids is 1. The van der Waals surface area contributed by atoms with Gasteiger partial charge in [-0.25, -0.2) is 4.98 Å². The zero-order valence-corrected chi connectivity index (χ0v) is 25.3. The number of carbonyl (C=O) groups is 1. The number of nitrogens with one attached hydrogen (secondary N) is 2. The first-order valence-electron chi connectivity index (χ1n) is 13.9. The summed E-state index contributed by atoms with van der Waals surface area (Å²) >= 11 is 5.67. The standard InChI is InChI=1S/C33H33F3N6OS/c1-32(2,40-30(43)16-28-19-38-23-42(28)20-26-14-12-24(17-37)13-15-26)22-41(31(44)39-18-25-8-4-3-5-9-25)21-27-10-6-7-11-29(27)33(34,35)36/h3-15,19,23H,16,18,20-22H2,1-2H3,(H,39,44)(H,40,43). The molecule has 0 aliphatic heterocycles. The molecule has 228 valence electrons. The summed E-state index contributed by atoms with van der Waals surface area (Å²) in [5.74, 6) is -0.268. The van der Waals surface area contributed by atoms with E-state index in [2.05, 4.69) is 21.7 Å². The van der Waals surface area contributed by atoms with Gasteiger partial charge in [-0.05, 0) is 61.0 Å². The normalized spacial score (nSPS) is 11.5. The van der Waals surface area contributed by atoms with E-state index < -0.39 is 17.3 Å². The van der Waals surface area contributed by atoms with Crippen LogP contribution in [0.5, 0.6) is 0 Å². The van der Waals surface area contributed by atoms with Crippen LogP contribution in [0.4, 0.5) is 13.2 Å². The molecular weight excluding hydrogens is 585 g/mol. The molecule has 0 saturated carbocycles. The Bertz CT molecular complexity index is 1610. The number of alkyl halides is 3. The molecule has 44 heavy (non-hydrogen) atoms. The highest BCUT2D eigenvalue weighted by atomic mass is 32.1. The Morgan fingerprint density at radius 2 is 1.68 bits per heavy atom. The molecule has 3 aromatic carbocycles.